The normalized spacial score (nSPS) is 15.0. The smallest absolute Gasteiger partial charge is 0.300 e. The maximum Gasteiger partial charge on any atom is 0.300 e. The second-order valence-corrected chi connectivity index (χ2v) is 7.11. The monoisotopic (exact) mass is 387 g/mol. The SMILES string of the molecule is CCSC(=O)N1CCCCN1C(=S)Nc1ccc(Br)cc1. The zero-order valence-corrected chi connectivity index (χ0v) is 15.1. The Hall–Kier alpha value is -0.790. The number of hydrogen-bond acceptors (Lipinski definition) is 3. The predicted octanol–water partition coefficient (Wildman–Crippen LogP) is 4.33. The number of hydrazine groups is 1. The Kier molecular flexibility index (Phi) is 6.32. The number of rotatable bonds is 2. The van der Waals surface area contributed by atoms with Gasteiger partial charge in [0.1, 0.15) is 0 Å². The van der Waals surface area contributed by atoms with E-state index in [1.54, 1.807) is 5.01 Å². The van der Waals surface area contributed by atoms with Crippen molar-refractivity contribution in [1.29, 1.82) is 0 Å². The quantitative estimate of drug-likeness (QED) is 0.763. The van der Waals surface area contributed by atoms with E-state index in [2.05, 4.69) is 21.2 Å². The minimum atomic E-state index is 0.0668. The van der Waals surface area contributed by atoms with Crippen LogP contribution in [0.3, 0.4) is 0 Å². The van der Waals surface area contributed by atoms with Crippen LogP contribution in [-0.2, 0) is 0 Å². The fourth-order valence-corrected chi connectivity index (χ4v) is 3.24. The molecule has 4 nitrogen and oxygen atoms in total. The molecule has 1 aromatic rings. The third-order valence-corrected chi connectivity index (χ3v) is 4.68. The highest BCUT2D eigenvalue weighted by Crippen LogP contribution is 2.20. The van der Waals surface area contributed by atoms with E-state index in [-0.39, 0.29) is 5.24 Å². The van der Waals surface area contributed by atoms with Crippen molar-refractivity contribution in [2.75, 3.05) is 24.2 Å². The fraction of sp³-hybridized carbons (Fsp3) is 0.429. The lowest BCUT2D eigenvalue weighted by Crippen LogP contribution is -2.53. The number of anilines is 1. The van der Waals surface area contributed by atoms with Crippen LogP contribution in [0.25, 0.3) is 0 Å². The lowest BCUT2D eigenvalue weighted by Gasteiger charge is -2.39. The molecule has 1 aliphatic heterocycles. The van der Waals surface area contributed by atoms with Crippen molar-refractivity contribution in [3.05, 3.63) is 28.7 Å². The first-order chi connectivity index (χ1) is 10.1. The van der Waals surface area contributed by atoms with Crippen molar-refractivity contribution >= 4 is 55.9 Å². The van der Waals surface area contributed by atoms with Gasteiger partial charge in [0.25, 0.3) is 5.24 Å². The molecular formula is C14H18BrN3OS2. The van der Waals surface area contributed by atoms with Crippen LogP contribution in [-0.4, -0.2) is 39.2 Å². The Balaban J connectivity index is 2.04. The van der Waals surface area contributed by atoms with Crippen LogP contribution in [0.4, 0.5) is 10.5 Å². The Morgan fingerprint density at radius 1 is 1.29 bits per heavy atom. The molecule has 1 aliphatic rings. The van der Waals surface area contributed by atoms with E-state index in [4.69, 9.17) is 12.2 Å². The number of carbonyl (C=O) groups excluding carboxylic acids is 1. The van der Waals surface area contributed by atoms with Gasteiger partial charge in [-0.1, -0.05) is 34.6 Å². The van der Waals surface area contributed by atoms with Crippen molar-refractivity contribution < 1.29 is 4.79 Å². The van der Waals surface area contributed by atoms with E-state index < -0.39 is 0 Å². The zero-order valence-electron chi connectivity index (χ0n) is 11.8. The second-order valence-electron chi connectivity index (χ2n) is 4.59. The van der Waals surface area contributed by atoms with Crippen LogP contribution in [0.15, 0.2) is 28.7 Å². The van der Waals surface area contributed by atoms with Crippen molar-refractivity contribution in [1.82, 2.24) is 10.0 Å². The molecule has 1 heterocycles. The molecular weight excluding hydrogens is 370 g/mol. The first-order valence-corrected chi connectivity index (χ1v) is 9.09. The molecule has 0 aliphatic carbocycles. The fourth-order valence-electron chi connectivity index (χ4n) is 2.08. The van der Waals surface area contributed by atoms with E-state index in [9.17, 15) is 4.79 Å². The number of halogens is 1. The van der Waals surface area contributed by atoms with E-state index in [1.807, 2.05) is 36.2 Å². The summed E-state index contributed by atoms with van der Waals surface area (Å²) in [4.78, 5) is 12.2. The van der Waals surface area contributed by atoms with Crippen LogP contribution >= 0.6 is 39.9 Å². The van der Waals surface area contributed by atoms with Gasteiger partial charge in [0.15, 0.2) is 5.11 Å². The summed E-state index contributed by atoms with van der Waals surface area (Å²) >= 11 is 10.2. The summed E-state index contributed by atoms with van der Waals surface area (Å²) in [6, 6.07) is 7.81. The molecule has 1 amide bonds. The van der Waals surface area contributed by atoms with Crippen molar-refractivity contribution in [2.24, 2.45) is 0 Å². The molecule has 0 aromatic heterocycles. The van der Waals surface area contributed by atoms with E-state index in [1.165, 1.54) is 11.8 Å². The Labute approximate surface area is 143 Å². The highest BCUT2D eigenvalue weighted by Gasteiger charge is 2.26. The molecule has 0 radical (unpaired) electrons. The van der Waals surface area contributed by atoms with Crippen LogP contribution in [0.1, 0.15) is 19.8 Å². The summed E-state index contributed by atoms with van der Waals surface area (Å²) < 4.78 is 1.02. The molecule has 0 atom stereocenters. The summed E-state index contributed by atoms with van der Waals surface area (Å²) in [5.41, 5.74) is 0.921. The average Bonchev–Trinajstić information content (AvgIpc) is 2.50. The average molecular weight is 388 g/mol. The third kappa shape index (κ3) is 4.59. The summed E-state index contributed by atoms with van der Waals surface area (Å²) in [5, 5.41) is 7.47. The maximum atomic E-state index is 12.2. The highest BCUT2D eigenvalue weighted by atomic mass is 79.9. The summed E-state index contributed by atoms with van der Waals surface area (Å²) in [6.45, 7) is 3.49. The first kappa shape index (κ1) is 16.6. The van der Waals surface area contributed by atoms with Gasteiger partial charge in [0, 0.05) is 23.2 Å². The molecule has 1 N–H and O–H groups in total. The maximum absolute atomic E-state index is 12.2. The summed E-state index contributed by atoms with van der Waals surface area (Å²) in [7, 11) is 0. The van der Waals surface area contributed by atoms with E-state index in [0.717, 1.165) is 41.8 Å². The van der Waals surface area contributed by atoms with Gasteiger partial charge in [0.05, 0.1) is 0 Å². The summed E-state index contributed by atoms with van der Waals surface area (Å²) in [5.74, 6) is 0.774. The largest absolute Gasteiger partial charge is 0.331 e. The standard InChI is InChI=1S/C14H18BrN3OS2/c1-2-21-14(19)18-10-4-3-9-17(18)13(20)16-12-7-5-11(15)6-8-12/h5-8H,2-4,9-10H2,1H3,(H,16,20). The predicted molar refractivity (Wildman–Crippen MR) is 96.5 cm³/mol. The number of thiocarbonyl (C=S) groups is 1. The number of nitrogens with one attached hydrogen (secondary N) is 1. The number of carbonyl (C=O) groups is 1. The molecule has 1 fully saturated rings. The van der Waals surface area contributed by atoms with Crippen molar-refractivity contribution in [3.63, 3.8) is 0 Å². The zero-order chi connectivity index (χ0) is 15.2. The Morgan fingerprint density at radius 3 is 2.52 bits per heavy atom. The minimum Gasteiger partial charge on any atom is -0.331 e. The van der Waals surface area contributed by atoms with Crippen molar-refractivity contribution in [2.45, 2.75) is 19.8 Å². The van der Waals surface area contributed by atoms with E-state index >= 15 is 0 Å². The molecule has 114 valence electrons. The van der Waals surface area contributed by atoms with Gasteiger partial charge in [-0.3, -0.25) is 9.80 Å². The molecule has 7 heteroatoms. The van der Waals surface area contributed by atoms with Crippen LogP contribution in [0.5, 0.6) is 0 Å². The molecule has 21 heavy (non-hydrogen) atoms. The van der Waals surface area contributed by atoms with Crippen LogP contribution in [0, 0.1) is 0 Å². The van der Waals surface area contributed by atoms with Gasteiger partial charge in [-0.15, -0.1) is 0 Å². The third-order valence-electron chi connectivity index (χ3n) is 3.09. The lowest BCUT2D eigenvalue weighted by atomic mass is 10.2. The molecule has 1 saturated heterocycles. The van der Waals surface area contributed by atoms with Gasteiger partial charge in [-0.05, 0) is 55.1 Å². The molecule has 2 rings (SSSR count). The second kappa shape index (κ2) is 8.00. The molecule has 0 bridgehead atoms. The summed E-state index contributed by atoms with van der Waals surface area (Å²) in [6.07, 6.45) is 2.07. The van der Waals surface area contributed by atoms with Crippen LogP contribution in [0.2, 0.25) is 0 Å². The number of benzene rings is 1. The molecule has 0 saturated carbocycles. The Morgan fingerprint density at radius 2 is 1.90 bits per heavy atom. The molecule has 1 aromatic carbocycles. The van der Waals surface area contributed by atoms with Crippen molar-refractivity contribution in [3.8, 4) is 0 Å². The number of hydrogen-bond donors (Lipinski definition) is 1. The number of nitrogens with zero attached hydrogens (tertiary/aromatic N) is 2. The highest BCUT2D eigenvalue weighted by molar-refractivity contribution is 9.10. The number of amides is 1. The first-order valence-electron chi connectivity index (χ1n) is 6.90. The van der Waals surface area contributed by atoms with Crippen LogP contribution < -0.4 is 5.32 Å². The van der Waals surface area contributed by atoms with Gasteiger partial charge in [0.2, 0.25) is 0 Å². The van der Waals surface area contributed by atoms with Gasteiger partial charge in [-0.25, -0.2) is 5.01 Å². The van der Waals surface area contributed by atoms with E-state index in [0.29, 0.717) is 5.11 Å². The molecule has 0 spiro atoms. The topological polar surface area (TPSA) is 35.6 Å². The molecule has 0 unspecified atom stereocenters. The van der Waals surface area contributed by atoms with Gasteiger partial charge >= 0.3 is 0 Å². The van der Waals surface area contributed by atoms with Gasteiger partial charge in [-0.2, -0.15) is 0 Å². The number of thioether (sulfide) groups is 1. The Bertz CT molecular complexity index is 509. The lowest BCUT2D eigenvalue weighted by molar-refractivity contribution is 0.0700. The van der Waals surface area contributed by atoms with Gasteiger partial charge < -0.3 is 5.32 Å². The minimum absolute atomic E-state index is 0.0668.